The molecule has 1 aliphatic rings. The summed E-state index contributed by atoms with van der Waals surface area (Å²) in [6.07, 6.45) is 6.59. The van der Waals surface area contributed by atoms with E-state index in [2.05, 4.69) is 0 Å². The lowest BCUT2D eigenvalue weighted by Gasteiger charge is -2.36. The monoisotopic (exact) mass is 242 g/mol. The van der Waals surface area contributed by atoms with Gasteiger partial charge in [0.15, 0.2) is 0 Å². The van der Waals surface area contributed by atoms with Gasteiger partial charge in [-0.1, -0.05) is 26.2 Å². The van der Waals surface area contributed by atoms with Crippen molar-refractivity contribution in [3.8, 4) is 0 Å². The van der Waals surface area contributed by atoms with E-state index in [1.54, 1.807) is 0 Å². The molecule has 0 bridgehead atoms. The van der Waals surface area contributed by atoms with E-state index in [1.807, 2.05) is 11.8 Å². The summed E-state index contributed by atoms with van der Waals surface area (Å²) in [5.41, 5.74) is 5.64. The summed E-state index contributed by atoms with van der Waals surface area (Å²) in [5, 5.41) is 9.12. The molecule has 0 aromatic carbocycles. The summed E-state index contributed by atoms with van der Waals surface area (Å²) < 4.78 is 0. The van der Waals surface area contributed by atoms with Gasteiger partial charge in [0.1, 0.15) is 0 Å². The Morgan fingerprint density at radius 3 is 2.53 bits per heavy atom. The van der Waals surface area contributed by atoms with E-state index in [4.69, 9.17) is 10.8 Å². The van der Waals surface area contributed by atoms with E-state index in [0.29, 0.717) is 19.1 Å². The predicted molar refractivity (Wildman–Crippen MR) is 68.5 cm³/mol. The number of rotatable bonds is 6. The molecule has 0 saturated heterocycles. The zero-order valence-electron chi connectivity index (χ0n) is 10.9. The van der Waals surface area contributed by atoms with E-state index in [-0.39, 0.29) is 18.4 Å². The quantitative estimate of drug-likeness (QED) is 0.733. The number of nitrogens with zero attached hydrogens (tertiary/aromatic N) is 1. The van der Waals surface area contributed by atoms with Crippen LogP contribution in [0.5, 0.6) is 0 Å². The molecule has 0 heterocycles. The van der Waals surface area contributed by atoms with Crippen molar-refractivity contribution in [2.24, 2.45) is 11.7 Å². The van der Waals surface area contributed by atoms with Crippen LogP contribution >= 0.6 is 0 Å². The first-order valence-electron chi connectivity index (χ1n) is 6.86. The molecule has 1 amide bonds. The van der Waals surface area contributed by atoms with Crippen LogP contribution in [-0.2, 0) is 4.79 Å². The van der Waals surface area contributed by atoms with Gasteiger partial charge < -0.3 is 15.7 Å². The van der Waals surface area contributed by atoms with Crippen LogP contribution < -0.4 is 5.73 Å². The minimum absolute atomic E-state index is 0.0449. The van der Waals surface area contributed by atoms with Crippen LogP contribution in [0.1, 0.15) is 45.4 Å². The van der Waals surface area contributed by atoms with Gasteiger partial charge in [0.05, 0.1) is 12.5 Å². The molecule has 1 atom stereocenters. The number of carbonyl (C=O) groups excluding carboxylic acids is 1. The topological polar surface area (TPSA) is 66.6 Å². The molecule has 1 saturated carbocycles. The molecule has 1 rings (SSSR count). The lowest BCUT2D eigenvalue weighted by molar-refractivity contribution is -0.139. The molecule has 0 aromatic rings. The molecule has 0 aromatic heterocycles. The number of carbonyl (C=O) groups is 1. The molecule has 0 aliphatic heterocycles. The molecule has 4 nitrogen and oxygen atoms in total. The molecular formula is C13H26N2O2. The molecule has 0 radical (unpaired) electrons. The van der Waals surface area contributed by atoms with Crippen LogP contribution in [0.2, 0.25) is 0 Å². The lowest BCUT2D eigenvalue weighted by Crippen LogP contribution is -2.47. The molecule has 17 heavy (non-hydrogen) atoms. The second-order valence-corrected chi connectivity index (χ2v) is 4.89. The van der Waals surface area contributed by atoms with Crippen LogP contribution in [0, 0.1) is 5.92 Å². The molecular weight excluding hydrogens is 216 g/mol. The Bertz CT molecular complexity index is 223. The fourth-order valence-electron chi connectivity index (χ4n) is 2.65. The normalized spacial score (nSPS) is 19.0. The highest BCUT2D eigenvalue weighted by Gasteiger charge is 2.28. The lowest BCUT2D eigenvalue weighted by atomic mass is 9.92. The first-order valence-corrected chi connectivity index (χ1v) is 6.86. The second-order valence-electron chi connectivity index (χ2n) is 4.89. The van der Waals surface area contributed by atoms with E-state index >= 15 is 0 Å². The van der Waals surface area contributed by atoms with Crippen molar-refractivity contribution in [1.29, 1.82) is 0 Å². The second kappa shape index (κ2) is 7.67. The standard InChI is InChI=1S/C13H26N2O2/c1-2-11(10-14)13(17)15(8-9-16)12-6-4-3-5-7-12/h11-12,16H,2-10,14H2,1H3. The molecule has 0 spiro atoms. The Labute approximate surface area is 104 Å². The Kier molecular flexibility index (Phi) is 6.52. The highest BCUT2D eigenvalue weighted by atomic mass is 16.3. The van der Waals surface area contributed by atoms with E-state index in [1.165, 1.54) is 19.3 Å². The Hall–Kier alpha value is -0.610. The van der Waals surface area contributed by atoms with Gasteiger partial charge in [-0.3, -0.25) is 4.79 Å². The molecule has 1 aliphatic carbocycles. The molecule has 100 valence electrons. The third kappa shape index (κ3) is 3.96. The van der Waals surface area contributed by atoms with E-state index in [0.717, 1.165) is 19.3 Å². The van der Waals surface area contributed by atoms with Crippen molar-refractivity contribution in [3.05, 3.63) is 0 Å². The fourth-order valence-corrected chi connectivity index (χ4v) is 2.65. The minimum Gasteiger partial charge on any atom is -0.395 e. The summed E-state index contributed by atoms with van der Waals surface area (Å²) >= 11 is 0. The smallest absolute Gasteiger partial charge is 0.227 e. The Morgan fingerprint density at radius 1 is 1.41 bits per heavy atom. The number of hydrogen-bond donors (Lipinski definition) is 2. The number of nitrogens with two attached hydrogens (primary N) is 1. The Morgan fingerprint density at radius 2 is 2.06 bits per heavy atom. The first-order chi connectivity index (χ1) is 8.24. The van der Waals surface area contributed by atoms with Gasteiger partial charge in [-0.15, -0.1) is 0 Å². The van der Waals surface area contributed by atoms with Crippen LogP contribution in [0.15, 0.2) is 0 Å². The number of amides is 1. The van der Waals surface area contributed by atoms with Crippen molar-refractivity contribution >= 4 is 5.91 Å². The van der Waals surface area contributed by atoms with Crippen LogP contribution in [0.3, 0.4) is 0 Å². The van der Waals surface area contributed by atoms with Gasteiger partial charge in [-0.05, 0) is 19.3 Å². The summed E-state index contributed by atoms with van der Waals surface area (Å²) in [7, 11) is 0. The summed E-state index contributed by atoms with van der Waals surface area (Å²) in [6, 6.07) is 0.323. The molecule has 1 unspecified atom stereocenters. The third-order valence-corrected chi connectivity index (χ3v) is 3.77. The van der Waals surface area contributed by atoms with Gasteiger partial charge in [0.25, 0.3) is 0 Å². The summed E-state index contributed by atoms with van der Waals surface area (Å²) in [6.45, 7) is 2.90. The van der Waals surface area contributed by atoms with Crippen LogP contribution in [-0.4, -0.2) is 41.7 Å². The van der Waals surface area contributed by atoms with Gasteiger partial charge >= 0.3 is 0 Å². The number of hydrogen-bond acceptors (Lipinski definition) is 3. The van der Waals surface area contributed by atoms with Gasteiger partial charge in [0, 0.05) is 19.1 Å². The van der Waals surface area contributed by atoms with Gasteiger partial charge in [-0.2, -0.15) is 0 Å². The van der Waals surface area contributed by atoms with Crippen LogP contribution in [0.4, 0.5) is 0 Å². The maximum Gasteiger partial charge on any atom is 0.227 e. The maximum atomic E-state index is 12.3. The number of aliphatic hydroxyl groups excluding tert-OH is 1. The zero-order valence-corrected chi connectivity index (χ0v) is 10.9. The van der Waals surface area contributed by atoms with Crippen molar-refractivity contribution < 1.29 is 9.90 Å². The number of aliphatic hydroxyl groups is 1. The average Bonchev–Trinajstić information content (AvgIpc) is 2.38. The van der Waals surface area contributed by atoms with Crippen molar-refractivity contribution in [3.63, 3.8) is 0 Å². The summed E-state index contributed by atoms with van der Waals surface area (Å²) in [4.78, 5) is 14.2. The zero-order chi connectivity index (χ0) is 12.7. The van der Waals surface area contributed by atoms with E-state index < -0.39 is 0 Å². The Balaban J connectivity index is 2.65. The fraction of sp³-hybridized carbons (Fsp3) is 0.923. The first kappa shape index (κ1) is 14.5. The molecule has 4 heteroatoms. The largest absolute Gasteiger partial charge is 0.395 e. The average molecular weight is 242 g/mol. The summed E-state index contributed by atoms with van der Waals surface area (Å²) in [5.74, 6) is 0.0550. The van der Waals surface area contributed by atoms with Crippen molar-refractivity contribution in [1.82, 2.24) is 4.90 Å². The van der Waals surface area contributed by atoms with Crippen molar-refractivity contribution in [2.75, 3.05) is 19.7 Å². The molecule has 3 N–H and O–H groups in total. The van der Waals surface area contributed by atoms with Crippen molar-refractivity contribution in [2.45, 2.75) is 51.5 Å². The third-order valence-electron chi connectivity index (χ3n) is 3.77. The molecule has 1 fully saturated rings. The van der Waals surface area contributed by atoms with Gasteiger partial charge in [-0.25, -0.2) is 0 Å². The SMILES string of the molecule is CCC(CN)C(=O)N(CCO)C1CCCCC1. The van der Waals surface area contributed by atoms with Crippen LogP contribution in [0.25, 0.3) is 0 Å². The van der Waals surface area contributed by atoms with Gasteiger partial charge in [0.2, 0.25) is 5.91 Å². The highest BCUT2D eigenvalue weighted by Crippen LogP contribution is 2.24. The van der Waals surface area contributed by atoms with E-state index in [9.17, 15) is 4.79 Å². The maximum absolute atomic E-state index is 12.3. The highest BCUT2D eigenvalue weighted by molar-refractivity contribution is 5.79. The minimum atomic E-state index is -0.0801. The predicted octanol–water partition coefficient (Wildman–Crippen LogP) is 1.12.